The van der Waals surface area contributed by atoms with Gasteiger partial charge in [-0.2, -0.15) is 8.42 Å². The van der Waals surface area contributed by atoms with Crippen LogP contribution < -0.4 is 15.4 Å². The first-order chi connectivity index (χ1) is 20.1. The molecule has 4 aromatic carbocycles. The number of nitrogens with zero attached hydrogens (tertiary/aromatic N) is 1. The molecule has 1 saturated heterocycles. The fraction of sp³-hybridized carbons (Fsp3) is 0.188. The van der Waals surface area contributed by atoms with Gasteiger partial charge in [-0.3, -0.25) is 18.7 Å². The molecule has 1 unspecified atom stereocenters. The number of thioether (sulfide) groups is 1. The largest absolute Gasteiger partial charge is 0.489 e. The molecular formula is C32H30N2O6S2. The third kappa shape index (κ3) is 6.51. The van der Waals surface area contributed by atoms with Crippen molar-refractivity contribution in [3.8, 4) is 5.75 Å². The second-order valence-electron chi connectivity index (χ2n) is 9.94. The SMILES string of the molecule is Cc1ccc(S(=O)(=O)OC(C)[C@@H]2S[C@@H](c3ccc(OCc4ccccc4)cc3)N(c3cccc(C(N)=O)c3)C2=O)cc1. The van der Waals surface area contributed by atoms with E-state index in [0.717, 1.165) is 16.7 Å². The zero-order valence-electron chi connectivity index (χ0n) is 23.0. The van der Waals surface area contributed by atoms with Gasteiger partial charge in [0.15, 0.2) is 0 Å². The second kappa shape index (κ2) is 12.4. The lowest BCUT2D eigenvalue weighted by atomic mass is 10.1. The van der Waals surface area contributed by atoms with E-state index in [-0.39, 0.29) is 16.4 Å². The summed E-state index contributed by atoms with van der Waals surface area (Å²) in [6, 6.07) is 30.0. The molecule has 1 aliphatic heterocycles. The number of nitrogens with two attached hydrogens (primary N) is 1. The molecule has 0 aromatic heterocycles. The van der Waals surface area contributed by atoms with Crippen LogP contribution in [-0.4, -0.2) is 31.6 Å². The first-order valence-electron chi connectivity index (χ1n) is 13.3. The zero-order chi connectivity index (χ0) is 29.9. The van der Waals surface area contributed by atoms with Gasteiger partial charge in [-0.25, -0.2) is 0 Å². The van der Waals surface area contributed by atoms with E-state index in [4.69, 9.17) is 14.7 Å². The summed E-state index contributed by atoms with van der Waals surface area (Å²) < 4.78 is 37.5. The van der Waals surface area contributed by atoms with Crippen molar-refractivity contribution >= 4 is 39.4 Å². The van der Waals surface area contributed by atoms with Crippen molar-refractivity contribution in [1.82, 2.24) is 0 Å². The molecule has 0 spiro atoms. The molecular weight excluding hydrogens is 572 g/mol. The van der Waals surface area contributed by atoms with Gasteiger partial charge in [0.25, 0.3) is 10.1 Å². The number of carbonyl (C=O) groups excluding carboxylic acids is 2. The van der Waals surface area contributed by atoms with Crippen LogP contribution in [0.4, 0.5) is 5.69 Å². The molecule has 216 valence electrons. The number of hydrogen-bond donors (Lipinski definition) is 1. The van der Waals surface area contributed by atoms with Gasteiger partial charge < -0.3 is 10.5 Å². The minimum absolute atomic E-state index is 0.0176. The molecule has 4 aromatic rings. The Bertz CT molecular complexity index is 1680. The summed E-state index contributed by atoms with van der Waals surface area (Å²) in [4.78, 5) is 27.4. The smallest absolute Gasteiger partial charge is 0.297 e. The molecule has 2 N–H and O–H groups in total. The average molecular weight is 603 g/mol. The molecule has 1 aliphatic rings. The number of carbonyl (C=O) groups is 2. The summed E-state index contributed by atoms with van der Waals surface area (Å²) >= 11 is 1.28. The van der Waals surface area contributed by atoms with Crippen molar-refractivity contribution < 1.29 is 26.9 Å². The van der Waals surface area contributed by atoms with Gasteiger partial charge in [0.05, 0.1) is 11.0 Å². The van der Waals surface area contributed by atoms with Crippen LogP contribution in [0.5, 0.6) is 5.75 Å². The van der Waals surface area contributed by atoms with Crippen LogP contribution in [0.2, 0.25) is 0 Å². The normalized spacial score (nSPS) is 17.7. The first-order valence-corrected chi connectivity index (χ1v) is 15.6. The van der Waals surface area contributed by atoms with Gasteiger partial charge in [0, 0.05) is 11.3 Å². The topological polar surface area (TPSA) is 116 Å². The lowest BCUT2D eigenvalue weighted by Gasteiger charge is -2.25. The predicted molar refractivity (Wildman–Crippen MR) is 163 cm³/mol. The maximum absolute atomic E-state index is 13.9. The maximum Gasteiger partial charge on any atom is 0.297 e. The lowest BCUT2D eigenvalue weighted by molar-refractivity contribution is -0.118. The minimum atomic E-state index is -4.12. The van der Waals surface area contributed by atoms with Crippen LogP contribution in [-0.2, 0) is 25.7 Å². The summed E-state index contributed by atoms with van der Waals surface area (Å²) in [7, 11) is -4.12. The molecule has 0 saturated carbocycles. The average Bonchev–Trinajstić information content (AvgIpc) is 3.34. The Morgan fingerprint density at radius 2 is 1.64 bits per heavy atom. The molecule has 0 aliphatic carbocycles. The molecule has 8 nitrogen and oxygen atoms in total. The Hall–Kier alpha value is -4.12. The van der Waals surface area contributed by atoms with Gasteiger partial charge in [0.2, 0.25) is 11.8 Å². The molecule has 2 amide bonds. The predicted octanol–water partition coefficient (Wildman–Crippen LogP) is 5.61. The summed E-state index contributed by atoms with van der Waals surface area (Å²) in [6.45, 7) is 3.84. The number of amides is 2. The van der Waals surface area contributed by atoms with Gasteiger partial charge in [-0.15, -0.1) is 11.8 Å². The highest BCUT2D eigenvalue weighted by Gasteiger charge is 2.46. The third-order valence-electron chi connectivity index (χ3n) is 6.83. The van der Waals surface area contributed by atoms with Crippen LogP contribution >= 0.6 is 11.8 Å². The Balaban J connectivity index is 1.41. The molecule has 0 radical (unpaired) electrons. The molecule has 0 bridgehead atoms. The fourth-order valence-corrected chi connectivity index (χ4v) is 7.21. The number of benzene rings is 4. The third-order valence-corrected chi connectivity index (χ3v) is 9.85. The Morgan fingerprint density at radius 3 is 2.31 bits per heavy atom. The molecule has 1 heterocycles. The number of aryl methyl sites for hydroxylation is 1. The van der Waals surface area contributed by atoms with Gasteiger partial charge in [-0.1, -0.05) is 66.2 Å². The number of hydrogen-bond acceptors (Lipinski definition) is 7. The van der Waals surface area contributed by atoms with E-state index in [1.54, 1.807) is 48.2 Å². The first kappa shape index (κ1) is 29.4. The van der Waals surface area contributed by atoms with Crippen molar-refractivity contribution in [2.45, 2.75) is 42.1 Å². The lowest BCUT2D eigenvalue weighted by Crippen LogP contribution is -2.37. The Labute approximate surface area is 249 Å². The number of ether oxygens (including phenoxy) is 1. The second-order valence-corrected chi connectivity index (χ2v) is 12.7. The summed E-state index contributed by atoms with van der Waals surface area (Å²) in [5.41, 5.74) is 8.97. The van der Waals surface area contributed by atoms with E-state index < -0.39 is 32.8 Å². The van der Waals surface area contributed by atoms with E-state index in [1.165, 1.54) is 23.9 Å². The summed E-state index contributed by atoms with van der Waals surface area (Å²) in [5, 5.41) is -1.37. The van der Waals surface area contributed by atoms with Crippen molar-refractivity contribution in [3.63, 3.8) is 0 Å². The van der Waals surface area contributed by atoms with Crippen LogP contribution in [0, 0.1) is 6.92 Å². The number of primary amides is 1. The number of anilines is 1. The maximum atomic E-state index is 13.9. The van der Waals surface area contributed by atoms with Gasteiger partial charge in [-0.05, 0) is 67.4 Å². The molecule has 5 rings (SSSR count). The summed E-state index contributed by atoms with van der Waals surface area (Å²) in [5.74, 6) is -0.302. The molecule has 1 fully saturated rings. The van der Waals surface area contributed by atoms with Crippen molar-refractivity contribution in [2.75, 3.05) is 4.90 Å². The standard InChI is InChI=1S/C32H30N2O6S2/c1-21-11-17-28(18-12-21)42(37,38)40-22(2)29-31(36)34(26-10-6-9-25(19-26)30(33)35)32(41-29)24-13-15-27(16-14-24)39-20-23-7-4-3-5-8-23/h3-19,22,29,32H,20H2,1-2H3,(H2,33,35)/t22?,29-,32-/m0/s1. The minimum Gasteiger partial charge on any atom is -0.489 e. The van der Waals surface area contributed by atoms with Gasteiger partial charge >= 0.3 is 0 Å². The van der Waals surface area contributed by atoms with Crippen molar-refractivity contribution in [1.29, 1.82) is 0 Å². The quantitative estimate of drug-likeness (QED) is 0.235. The fourth-order valence-electron chi connectivity index (χ4n) is 4.60. The van der Waals surface area contributed by atoms with E-state index in [1.807, 2.05) is 61.5 Å². The van der Waals surface area contributed by atoms with Crippen LogP contribution in [0.1, 0.15) is 39.3 Å². The Morgan fingerprint density at radius 1 is 0.952 bits per heavy atom. The van der Waals surface area contributed by atoms with Crippen molar-refractivity contribution in [3.05, 3.63) is 125 Å². The highest BCUT2D eigenvalue weighted by molar-refractivity contribution is 8.01. The van der Waals surface area contributed by atoms with Crippen molar-refractivity contribution in [2.24, 2.45) is 5.73 Å². The summed E-state index contributed by atoms with van der Waals surface area (Å²) in [6.07, 6.45) is -0.978. The van der Waals surface area contributed by atoms with Gasteiger partial charge in [0.1, 0.15) is 23.0 Å². The monoisotopic (exact) mass is 602 g/mol. The molecule has 42 heavy (non-hydrogen) atoms. The molecule has 3 atom stereocenters. The van der Waals surface area contributed by atoms with Crippen LogP contribution in [0.25, 0.3) is 0 Å². The highest BCUT2D eigenvalue weighted by atomic mass is 32.2. The highest BCUT2D eigenvalue weighted by Crippen LogP contribution is 2.47. The van der Waals surface area contributed by atoms with E-state index in [2.05, 4.69) is 0 Å². The van der Waals surface area contributed by atoms with E-state index in [0.29, 0.717) is 18.0 Å². The van der Waals surface area contributed by atoms with Crippen LogP contribution in [0.3, 0.4) is 0 Å². The zero-order valence-corrected chi connectivity index (χ0v) is 24.7. The molecule has 10 heteroatoms. The van der Waals surface area contributed by atoms with E-state index >= 15 is 0 Å². The van der Waals surface area contributed by atoms with Crippen LogP contribution in [0.15, 0.2) is 108 Å². The number of rotatable bonds is 10. The Kier molecular flexibility index (Phi) is 8.67. The van der Waals surface area contributed by atoms with E-state index in [9.17, 15) is 18.0 Å².